The molecule has 1 heterocycles. The van der Waals surface area contributed by atoms with Crippen molar-refractivity contribution in [2.24, 2.45) is 0 Å². The fourth-order valence-electron chi connectivity index (χ4n) is 4.02. The standard InChI is InChI=1S/C23H25NO7/c1-6-31-23(15-7-9-24-10-8-15)17-13-19(28-3)18(27-2)12-14(17)11-16(21(25)29-4)20(23)22(26)30-5/h7-10,12-13H,6,11H2,1-5H3. The lowest BCUT2D eigenvalue weighted by Crippen LogP contribution is -2.43. The number of ether oxygens (including phenoxy) is 5. The van der Waals surface area contributed by atoms with Crippen LogP contribution in [0, 0.1) is 0 Å². The zero-order chi connectivity index (χ0) is 22.6. The molecule has 0 amide bonds. The molecule has 0 saturated carbocycles. The van der Waals surface area contributed by atoms with Crippen molar-refractivity contribution in [3.63, 3.8) is 0 Å². The van der Waals surface area contributed by atoms with Crippen molar-refractivity contribution in [1.29, 1.82) is 0 Å². The van der Waals surface area contributed by atoms with Crippen molar-refractivity contribution in [1.82, 2.24) is 4.98 Å². The molecule has 0 spiro atoms. The van der Waals surface area contributed by atoms with Gasteiger partial charge < -0.3 is 23.7 Å². The topological polar surface area (TPSA) is 93.2 Å². The number of hydrogen-bond acceptors (Lipinski definition) is 8. The molecule has 8 heteroatoms. The largest absolute Gasteiger partial charge is 0.493 e. The molecule has 1 aromatic carbocycles. The van der Waals surface area contributed by atoms with Gasteiger partial charge in [0.2, 0.25) is 0 Å². The highest BCUT2D eigenvalue weighted by atomic mass is 16.5. The third-order valence-corrected chi connectivity index (χ3v) is 5.28. The van der Waals surface area contributed by atoms with Crippen LogP contribution in [-0.2, 0) is 35.8 Å². The van der Waals surface area contributed by atoms with E-state index >= 15 is 0 Å². The monoisotopic (exact) mass is 427 g/mol. The predicted octanol–water partition coefficient (Wildman–Crippen LogP) is 2.58. The van der Waals surface area contributed by atoms with Crippen LogP contribution < -0.4 is 9.47 Å². The van der Waals surface area contributed by atoms with Gasteiger partial charge in [-0.25, -0.2) is 9.59 Å². The summed E-state index contributed by atoms with van der Waals surface area (Å²) in [4.78, 5) is 30.0. The first kappa shape index (κ1) is 22.3. The number of rotatable bonds is 7. The minimum Gasteiger partial charge on any atom is -0.493 e. The molecule has 0 radical (unpaired) electrons. The molecule has 1 aromatic heterocycles. The number of nitrogens with zero attached hydrogens (tertiary/aromatic N) is 1. The van der Waals surface area contributed by atoms with Crippen LogP contribution in [0.1, 0.15) is 23.6 Å². The number of aromatic nitrogens is 1. The molecule has 1 aliphatic carbocycles. The van der Waals surface area contributed by atoms with Gasteiger partial charge >= 0.3 is 11.9 Å². The normalized spacial score (nSPS) is 17.6. The maximum absolute atomic E-state index is 13.1. The van der Waals surface area contributed by atoms with Crippen LogP contribution in [0.2, 0.25) is 0 Å². The van der Waals surface area contributed by atoms with Gasteiger partial charge in [-0.05, 0) is 42.3 Å². The minimum absolute atomic E-state index is 0.0645. The van der Waals surface area contributed by atoms with Gasteiger partial charge in [-0.1, -0.05) is 0 Å². The van der Waals surface area contributed by atoms with E-state index in [2.05, 4.69) is 4.98 Å². The van der Waals surface area contributed by atoms with E-state index < -0.39 is 17.5 Å². The van der Waals surface area contributed by atoms with Crippen LogP contribution >= 0.6 is 0 Å². The number of pyridine rings is 1. The fraction of sp³-hybridized carbons (Fsp3) is 0.348. The molecule has 164 valence electrons. The van der Waals surface area contributed by atoms with E-state index in [1.807, 2.05) is 6.92 Å². The van der Waals surface area contributed by atoms with Crippen LogP contribution in [0.3, 0.4) is 0 Å². The molecule has 1 aliphatic rings. The number of esters is 2. The number of hydrogen-bond donors (Lipinski definition) is 0. The summed E-state index contributed by atoms with van der Waals surface area (Å²) in [6.45, 7) is 2.05. The van der Waals surface area contributed by atoms with Crippen molar-refractivity contribution in [3.8, 4) is 11.5 Å². The Morgan fingerprint density at radius 3 is 2.13 bits per heavy atom. The van der Waals surface area contributed by atoms with Crippen molar-refractivity contribution in [2.75, 3.05) is 35.0 Å². The fourth-order valence-corrected chi connectivity index (χ4v) is 4.02. The lowest BCUT2D eigenvalue weighted by Gasteiger charge is -2.41. The minimum atomic E-state index is -1.44. The van der Waals surface area contributed by atoms with E-state index in [4.69, 9.17) is 23.7 Å². The summed E-state index contributed by atoms with van der Waals surface area (Å²) >= 11 is 0. The maximum Gasteiger partial charge on any atom is 0.337 e. The molecule has 3 rings (SSSR count). The molecule has 0 saturated heterocycles. The second-order valence-corrected chi connectivity index (χ2v) is 6.73. The summed E-state index contributed by atoms with van der Waals surface area (Å²) in [5.41, 5.74) is 0.761. The molecule has 31 heavy (non-hydrogen) atoms. The van der Waals surface area contributed by atoms with Crippen molar-refractivity contribution < 1.29 is 33.3 Å². The molecule has 0 aliphatic heterocycles. The summed E-state index contributed by atoms with van der Waals surface area (Å²) < 4.78 is 27.4. The Morgan fingerprint density at radius 1 is 0.968 bits per heavy atom. The SMILES string of the molecule is CCOC1(c2ccncc2)C(C(=O)OC)=C(C(=O)OC)Cc2cc(OC)c(OC)cc21. The zero-order valence-electron chi connectivity index (χ0n) is 18.2. The Balaban J connectivity index is 2.50. The van der Waals surface area contributed by atoms with Crippen molar-refractivity contribution in [2.45, 2.75) is 18.9 Å². The number of carbonyl (C=O) groups excluding carboxylic acids is 2. The zero-order valence-corrected chi connectivity index (χ0v) is 18.2. The van der Waals surface area contributed by atoms with Gasteiger partial charge in [-0.15, -0.1) is 0 Å². The maximum atomic E-state index is 13.1. The second kappa shape index (κ2) is 9.18. The van der Waals surface area contributed by atoms with Gasteiger partial charge in [0.1, 0.15) is 0 Å². The second-order valence-electron chi connectivity index (χ2n) is 6.73. The Morgan fingerprint density at radius 2 is 1.58 bits per heavy atom. The molecule has 8 nitrogen and oxygen atoms in total. The summed E-state index contributed by atoms with van der Waals surface area (Å²) in [6.07, 6.45) is 3.32. The summed E-state index contributed by atoms with van der Waals surface area (Å²) in [6, 6.07) is 7.01. The lowest BCUT2D eigenvalue weighted by atomic mass is 9.70. The number of methoxy groups -OCH3 is 4. The number of carbonyl (C=O) groups is 2. The highest BCUT2D eigenvalue weighted by molar-refractivity contribution is 6.04. The molecule has 2 aromatic rings. The van der Waals surface area contributed by atoms with E-state index in [0.717, 1.165) is 5.56 Å². The van der Waals surface area contributed by atoms with Crippen LogP contribution in [-0.4, -0.2) is 52.0 Å². The van der Waals surface area contributed by atoms with Gasteiger partial charge in [0, 0.05) is 31.0 Å². The predicted molar refractivity (Wildman–Crippen MR) is 111 cm³/mol. The van der Waals surface area contributed by atoms with Crippen molar-refractivity contribution >= 4 is 11.9 Å². The highest BCUT2D eigenvalue weighted by Gasteiger charge is 2.50. The van der Waals surface area contributed by atoms with E-state index in [1.54, 1.807) is 36.7 Å². The quantitative estimate of drug-likeness (QED) is 0.623. The van der Waals surface area contributed by atoms with E-state index in [9.17, 15) is 9.59 Å². The van der Waals surface area contributed by atoms with Gasteiger partial charge in [-0.2, -0.15) is 0 Å². The van der Waals surface area contributed by atoms with Gasteiger partial charge in [0.05, 0.1) is 39.6 Å². The van der Waals surface area contributed by atoms with E-state index in [0.29, 0.717) is 22.6 Å². The van der Waals surface area contributed by atoms with Crippen LogP contribution in [0.4, 0.5) is 0 Å². The molecular weight excluding hydrogens is 402 g/mol. The van der Waals surface area contributed by atoms with Gasteiger partial charge in [0.25, 0.3) is 0 Å². The van der Waals surface area contributed by atoms with E-state index in [-0.39, 0.29) is 24.2 Å². The Labute approximate surface area is 180 Å². The highest BCUT2D eigenvalue weighted by Crippen LogP contribution is 2.50. The number of benzene rings is 1. The summed E-state index contributed by atoms with van der Waals surface area (Å²) in [7, 11) is 5.59. The smallest absolute Gasteiger partial charge is 0.337 e. The average Bonchev–Trinajstić information content (AvgIpc) is 2.82. The molecule has 1 atom stereocenters. The molecule has 0 fully saturated rings. The van der Waals surface area contributed by atoms with Crippen LogP contribution in [0.5, 0.6) is 11.5 Å². The van der Waals surface area contributed by atoms with Gasteiger partial charge in [0.15, 0.2) is 17.1 Å². The van der Waals surface area contributed by atoms with E-state index in [1.165, 1.54) is 28.4 Å². The third kappa shape index (κ3) is 3.63. The van der Waals surface area contributed by atoms with Crippen LogP contribution in [0.15, 0.2) is 47.8 Å². The Hall–Kier alpha value is -3.39. The first-order valence-electron chi connectivity index (χ1n) is 9.68. The molecule has 0 N–H and O–H groups in total. The summed E-state index contributed by atoms with van der Waals surface area (Å²) in [5.74, 6) is -0.373. The first-order chi connectivity index (χ1) is 15.0. The average molecular weight is 427 g/mol. The molecule has 1 unspecified atom stereocenters. The number of fused-ring (bicyclic) bond motifs is 1. The van der Waals surface area contributed by atoms with Crippen molar-refractivity contribution in [3.05, 3.63) is 64.5 Å². The first-order valence-corrected chi connectivity index (χ1v) is 9.68. The third-order valence-electron chi connectivity index (χ3n) is 5.28. The lowest BCUT2D eigenvalue weighted by molar-refractivity contribution is -0.142. The summed E-state index contributed by atoms with van der Waals surface area (Å²) in [5, 5.41) is 0. The Bertz CT molecular complexity index is 1020. The Kier molecular flexibility index (Phi) is 6.60. The van der Waals surface area contributed by atoms with Gasteiger partial charge in [-0.3, -0.25) is 4.98 Å². The molecule has 0 bridgehead atoms. The van der Waals surface area contributed by atoms with Crippen LogP contribution in [0.25, 0.3) is 0 Å². The molecular formula is C23H25NO7.